The van der Waals surface area contributed by atoms with Crippen LogP contribution in [0.25, 0.3) is 33.0 Å². The molecule has 0 saturated carbocycles. The molecule has 6 nitrogen and oxygen atoms in total. The van der Waals surface area contributed by atoms with Gasteiger partial charge in [-0.3, -0.25) is 24.9 Å². The topological polar surface area (TPSA) is 76.5 Å². The number of para-hydroxylation sites is 3. The summed E-state index contributed by atoms with van der Waals surface area (Å²) in [5, 5.41) is 4.54. The Labute approximate surface area is 365 Å². The lowest BCUT2D eigenvalue weighted by molar-refractivity contribution is 0.469. The maximum absolute atomic E-state index is 4.18. The highest BCUT2D eigenvalue weighted by Gasteiger charge is 2.05. The minimum absolute atomic E-state index is 0.500. The Morgan fingerprint density at radius 3 is 1.02 bits per heavy atom. The van der Waals surface area contributed by atoms with Crippen molar-refractivity contribution in [3.8, 4) is 0 Å². The smallest absolute Gasteiger partial charge is 0.0886 e. The van der Waals surface area contributed by atoms with Crippen molar-refractivity contribution < 1.29 is 0 Å². The largest absolute Gasteiger partial charge is 0.312 e. The van der Waals surface area contributed by atoms with Crippen molar-refractivity contribution in [1.29, 1.82) is 0 Å². The van der Waals surface area contributed by atoms with E-state index in [-0.39, 0.29) is 0 Å². The highest BCUT2D eigenvalue weighted by molar-refractivity contribution is 5.77. The number of aromatic nitrogens is 5. The van der Waals surface area contributed by atoms with Gasteiger partial charge in [-0.1, -0.05) is 171 Å². The lowest BCUT2D eigenvalue weighted by atomic mass is 10.0. The van der Waals surface area contributed by atoms with Gasteiger partial charge >= 0.3 is 0 Å². The van der Waals surface area contributed by atoms with E-state index in [0.29, 0.717) is 21.7 Å². The van der Waals surface area contributed by atoms with Crippen molar-refractivity contribution in [2.45, 2.75) is 124 Å². The van der Waals surface area contributed by atoms with Crippen LogP contribution in [0, 0.1) is 21.7 Å². The lowest BCUT2D eigenvalue weighted by Gasteiger charge is -2.15. The van der Waals surface area contributed by atoms with Gasteiger partial charge in [-0.25, -0.2) is 0 Å². The van der Waals surface area contributed by atoms with E-state index < -0.39 is 0 Å². The molecule has 5 heterocycles. The van der Waals surface area contributed by atoms with Crippen LogP contribution in [0.3, 0.4) is 0 Å². The molecule has 0 amide bonds. The van der Waals surface area contributed by atoms with Crippen LogP contribution in [0.4, 0.5) is 0 Å². The third kappa shape index (κ3) is 31.9. The van der Waals surface area contributed by atoms with E-state index in [9.17, 15) is 0 Å². The fourth-order valence-corrected chi connectivity index (χ4v) is 4.25. The van der Waals surface area contributed by atoms with E-state index in [2.05, 4.69) is 177 Å². The molecule has 4 aromatic heterocycles. The van der Waals surface area contributed by atoms with Crippen LogP contribution in [0.1, 0.15) is 122 Å². The summed E-state index contributed by atoms with van der Waals surface area (Å²) in [4.78, 5) is 20.7. The molecule has 60 heavy (non-hydrogen) atoms. The zero-order valence-electron chi connectivity index (χ0n) is 40.1. The van der Waals surface area contributed by atoms with Crippen LogP contribution >= 0.6 is 0 Å². The van der Waals surface area contributed by atoms with E-state index in [4.69, 9.17) is 0 Å². The van der Waals surface area contributed by atoms with Gasteiger partial charge < -0.3 is 5.32 Å². The molecule has 0 radical (unpaired) electrons. The first-order valence-electron chi connectivity index (χ1n) is 21.3. The fraction of sp³-hybridized carbons (Fsp3) is 0.426. The second-order valence-electron chi connectivity index (χ2n) is 21.0. The minimum Gasteiger partial charge on any atom is -0.312 e. The van der Waals surface area contributed by atoms with Gasteiger partial charge in [0.05, 0.1) is 27.6 Å². The Bertz CT molecular complexity index is 1700. The van der Waals surface area contributed by atoms with Crippen molar-refractivity contribution in [2.24, 2.45) is 21.7 Å². The molecule has 0 unspecified atom stereocenters. The zero-order chi connectivity index (χ0) is 45.2. The van der Waals surface area contributed by atoms with Crippen LogP contribution in [0.15, 0.2) is 140 Å². The summed E-state index contributed by atoms with van der Waals surface area (Å²) in [5.74, 6) is 0. The van der Waals surface area contributed by atoms with Crippen LogP contribution in [0.5, 0.6) is 0 Å². The number of nitrogens with zero attached hydrogens (tertiary/aromatic N) is 5. The van der Waals surface area contributed by atoms with E-state index in [1.54, 1.807) is 24.8 Å². The molecule has 8 rings (SSSR count). The Hall–Kier alpha value is -5.07. The standard InChI is InChI=1S/C9H7N.C9H11N.2C8H6N2.4C5H12/c1-2-6-9-8(4-1)5-3-7-10-9;1-2-4-9-7-10-6-5-8(9)3-1;1-3-7-8(9-5-1)4-2-6-10-7;1-2-4-8-7(3-1)9-5-6-10-8;4*1-5(2,3)4/h1-7H;1-4,10H,5-7H2;2*1-6H;4*1-4H3. The number of rotatable bonds is 0. The van der Waals surface area contributed by atoms with Gasteiger partial charge in [0, 0.05) is 42.9 Å². The van der Waals surface area contributed by atoms with Gasteiger partial charge in [0.1, 0.15) is 0 Å². The molecule has 0 atom stereocenters. The molecule has 1 aliphatic rings. The predicted molar refractivity (Wildman–Crippen MR) is 263 cm³/mol. The number of pyridine rings is 3. The maximum Gasteiger partial charge on any atom is 0.0886 e. The highest BCUT2D eigenvalue weighted by Crippen LogP contribution is 2.13. The molecule has 324 valence electrons. The normalized spacial score (nSPS) is 11.7. The van der Waals surface area contributed by atoms with Crippen LogP contribution in [0.2, 0.25) is 0 Å². The van der Waals surface area contributed by atoms with Gasteiger partial charge in [-0.2, -0.15) is 0 Å². The molecule has 1 N–H and O–H groups in total. The van der Waals surface area contributed by atoms with E-state index in [0.717, 1.165) is 40.7 Å². The third-order valence-electron chi connectivity index (χ3n) is 6.26. The summed E-state index contributed by atoms with van der Waals surface area (Å²) in [7, 11) is 0. The molecule has 0 bridgehead atoms. The highest BCUT2D eigenvalue weighted by atomic mass is 14.9. The fourth-order valence-electron chi connectivity index (χ4n) is 4.25. The van der Waals surface area contributed by atoms with Gasteiger partial charge in [0.2, 0.25) is 0 Å². The first-order valence-corrected chi connectivity index (χ1v) is 21.3. The van der Waals surface area contributed by atoms with Crippen molar-refractivity contribution in [3.63, 3.8) is 0 Å². The van der Waals surface area contributed by atoms with Crippen LogP contribution < -0.4 is 5.32 Å². The maximum atomic E-state index is 4.18. The second kappa shape index (κ2) is 26.9. The van der Waals surface area contributed by atoms with Gasteiger partial charge in [-0.15, -0.1) is 0 Å². The molecule has 0 saturated heterocycles. The second-order valence-corrected chi connectivity index (χ2v) is 21.0. The van der Waals surface area contributed by atoms with Crippen LogP contribution in [-0.2, 0) is 13.0 Å². The summed E-state index contributed by atoms with van der Waals surface area (Å²) >= 11 is 0. The minimum atomic E-state index is 0.500. The molecule has 0 spiro atoms. The average Bonchev–Trinajstić information content (AvgIpc) is 3.16. The summed E-state index contributed by atoms with van der Waals surface area (Å²) in [6.07, 6.45) is 9.93. The average molecular weight is 811 g/mol. The van der Waals surface area contributed by atoms with Crippen LogP contribution in [-0.4, -0.2) is 31.5 Å². The lowest BCUT2D eigenvalue weighted by Crippen LogP contribution is -2.23. The SMILES string of the molecule is CC(C)(C)C.CC(C)(C)C.CC(C)(C)C.CC(C)(C)C.c1ccc2c(c1)CCNC2.c1ccc2ncccc2c1.c1ccc2nccnc2c1.c1cnc2cccnc2c1. The van der Waals surface area contributed by atoms with Gasteiger partial charge in [0.25, 0.3) is 0 Å². The van der Waals surface area contributed by atoms with Gasteiger partial charge in [-0.05, 0) is 94.3 Å². The zero-order valence-corrected chi connectivity index (χ0v) is 40.1. The monoisotopic (exact) mass is 811 g/mol. The molecule has 0 fully saturated rings. The number of fused-ring (bicyclic) bond motifs is 4. The van der Waals surface area contributed by atoms with Gasteiger partial charge in [0.15, 0.2) is 0 Å². The quantitative estimate of drug-likeness (QED) is 0.164. The first kappa shape index (κ1) is 52.9. The van der Waals surface area contributed by atoms with E-state index in [1.165, 1.54) is 22.9 Å². The Morgan fingerprint density at radius 2 is 0.617 bits per heavy atom. The molecule has 3 aromatic carbocycles. The summed E-state index contributed by atoms with van der Waals surface area (Å²) < 4.78 is 0. The number of hydrogen-bond acceptors (Lipinski definition) is 6. The molecule has 7 aromatic rings. The van der Waals surface area contributed by atoms with Crippen molar-refractivity contribution in [1.82, 2.24) is 30.2 Å². The summed E-state index contributed by atoms with van der Waals surface area (Å²) in [5.41, 5.74) is 9.84. The van der Waals surface area contributed by atoms with E-state index in [1.807, 2.05) is 79.0 Å². The summed E-state index contributed by atoms with van der Waals surface area (Å²) in [6.45, 7) is 37.2. The van der Waals surface area contributed by atoms with Crippen molar-refractivity contribution in [3.05, 3.63) is 151 Å². The van der Waals surface area contributed by atoms with Crippen molar-refractivity contribution in [2.75, 3.05) is 6.54 Å². The number of benzene rings is 3. The Morgan fingerprint density at radius 1 is 0.333 bits per heavy atom. The molecule has 1 aliphatic heterocycles. The Balaban J connectivity index is 0.000000351. The number of nitrogens with one attached hydrogen (secondary N) is 1. The number of hydrogen-bond donors (Lipinski definition) is 1. The molecular weight excluding hydrogens is 733 g/mol. The third-order valence-corrected chi connectivity index (χ3v) is 6.26. The molecule has 6 heteroatoms. The predicted octanol–water partition coefficient (Wildman–Crippen LogP) is 15.0. The Kier molecular flexibility index (Phi) is 23.7. The molecular formula is C54H78N6. The molecule has 0 aliphatic carbocycles. The summed E-state index contributed by atoms with van der Waals surface area (Å²) in [6, 6.07) is 36.2. The van der Waals surface area contributed by atoms with Crippen molar-refractivity contribution >= 4 is 33.0 Å². The van der Waals surface area contributed by atoms with E-state index >= 15 is 0 Å². The first-order chi connectivity index (χ1) is 27.9.